The number of nitrogen functional groups attached to an aromatic ring is 1. The summed E-state index contributed by atoms with van der Waals surface area (Å²) in [7, 11) is 3.72. The Labute approximate surface area is 239 Å². The molecule has 1 atom stereocenters. The Hall–Kier alpha value is -4.31. The van der Waals surface area contributed by atoms with E-state index in [2.05, 4.69) is 22.2 Å². The van der Waals surface area contributed by atoms with Crippen molar-refractivity contribution in [1.29, 1.82) is 0 Å². The number of benzene rings is 2. The highest BCUT2D eigenvalue weighted by molar-refractivity contribution is 6.11. The number of aromatic nitrogens is 1. The molecule has 0 saturated carbocycles. The zero-order valence-electron chi connectivity index (χ0n) is 23.6. The second-order valence-corrected chi connectivity index (χ2v) is 11.0. The SMILES string of the molecule is C[C@@H]1C(=O)N(C)c2cc(-c3ccnc(N)c3)ccc2C(=O)N1Cc1ccc(F)c(C(=O)NCC2CCN(C)CC2)c1. The minimum absolute atomic E-state index is 0.0389. The number of piperidine rings is 1. The Bertz CT molecular complexity index is 1490. The molecule has 2 aliphatic rings. The molecule has 1 aromatic heterocycles. The van der Waals surface area contributed by atoms with E-state index in [1.165, 1.54) is 21.9 Å². The molecule has 1 saturated heterocycles. The lowest BCUT2D eigenvalue weighted by Crippen LogP contribution is -2.45. The molecule has 5 rings (SSSR count). The lowest BCUT2D eigenvalue weighted by atomic mass is 9.97. The number of hydrogen-bond donors (Lipinski definition) is 2. The number of likely N-dealkylation sites (N-methyl/N-ethyl adjacent to an activating group) is 1. The third-order valence-electron chi connectivity index (χ3n) is 8.14. The number of amides is 3. The van der Waals surface area contributed by atoms with E-state index in [1.54, 1.807) is 44.4 Å². The Morgan fingerprint density at radius 1 is 1.05 bits per heavy atom. The number of nitrogens with zero attached hydrogens (tertiary/aromatic N) is 4. The topological polar surface area (TPSA) is 112 Å². The molecular formula is C31H35FN6O3. The van der Waals surface area contributed by atoms with Gasteiger partial charge in [-0.25, -0.2) is 9.37 Å². The first kappa shape index (κ1) is 28.2. The summed E-state index contributed by atoms with van der Waals surface area (Å²) in [4.78, 5) is 49.3. The van der Waals surface area contributed by atoms with Crippen molar-refractivity contribution >= 4 is 29.2 Å². The van der Waals surface area contributed by atoms with Gasteiger partial charge in [0, 0.05) is 26.3 Å². The van der Waals surface area contributed by atoms with Crippen molar-refractivity contribution in [1.82, 2.24) is 20.1 Å². The number of anilines is 2. The summed E-state index contributed by atoms with van der Waals surface area (Å²) < 4.78 is 14.7. The average molecular weight is 559 g/mol. The summed E-state index contributed by atoms with van der Waals surface area (Å²) in [6.45, 7) is 4.15. The van der Waals surface area contributed by atoms with Crippen LogP contribution in [0.3, 0.4) is 0 Å². The van der Waals surface area contributed by atoms with Gasteiger partial charge in [-0.15, -0.1) is 0 Å². The molecular weight excluding hydrogens is 523 g/mol. The van der Waals surface area contributed by atoms with Crippen LogP contribution in [0.2, 0.25) is 0 Å². The van der Waals surface area contributed by atoms with E-state index in [-0.39, 0.29) is 23.9 Å². The standard InChI is InChI=1S/C31H35FN6O3/c1-19-30(40)37(3)27-15-22(23-8-11-34-28(33)16-23)5-6-24(27)31(41)38(19)18-21-4-7-26(32)25(14-21)29(39)35-17-20-9-12-36(2)13-10-20/h4-8,11,14-16,19-20H,9-10,12-13,17-18H2,1-3H3,(H2,33,34)(H,35,39)/t19-/m1/s1. The Kier molecular flexibility index (Phi) is 8.03. The van der Waals surface area contributed by atoms with Gasteiger partial charge in [0.25, 0.3) is 11.8 Å². The number of rotatable bonds is 6. The third-order valence-corrected chi connectivity index (χ3v) is 8.14. The van der Waals surface area contributed by atoms with Crippen molar-refractivity contribution < 1.29 is 18.8 Å². The number of likely N-dealkylation sites (tertiary alicyclic amines) is 1. The van der Waals surface area contributed by atoms with Crippen molar-refractivity contribution in [3.05, 3.63) is 77.2 Å². The van der Waals surface area contributed by atoms with Crippen LogP contribution in [0, 0.1) is 11.7 Å². The van der Waals surface area contributed by atoms with Crippen LogP contribution in [0.25, 0.3) is 11.1 Å². The normalized spacial score (nSPS) is 18.3. The largest absolute Gasteiger partial charge is 0.384 e. The predicted octanol–water partition coefficient (Wildman–Crippen LogP) is 3.55. The Morgan fingerprint density at radius 3 is 2.51 bits per heavy atom. The highest BCUT2D eigenvalue weighted by Crippen LogP contribution is 2.33. The zero-order chi connectivity index (χ0) is 29.3. The number of carbonyl (C=O) groups is 3. The van der Waals surface area contributed by atoms with Crippen LogP contribution in [-0.2, 0) is 11.3 Å². The van der Waals surface area contributed by atoms with Gasteiger partial charge in [0.05, 0.1) is 16.8 Å². The fourth-order valence-corrected chi connectivity index (χ4v) is 5.51. The molecule has 9 nitrogen and oxygen atoms in total. The van der Waals surface area contributed by atoms with E-state index >= 15 is 0 Å². The molecule has 0 aliphatic carbocycles. The predicted molar refractivity (Wildman–Crippen MR) is 156 cm³/mol. The minimum Gasteiger partial charge on any atom is -0.384 e. The molecule has 41 heavy (non-hydrogen) atoms. The van der Waals surface area contributed by atoms with Crippen LogP contribution in [-0.4, -0.2) is 72.3 Å². The van der Waals surface area contributed by atoms with Gasteiger partial charge in [-0.2, -0.15) is 0 Å². The quantitative estimate of drug-likeness (QED) is 0.479. The van der Waals surface area contributed by atoms with Crippen LogP contribution in [0.15, 0.2) is 54.7 Å². The van der Waals surface area contributed by atoms with E-state index in [4.69, 9.17) is 5.73 Å². The second-order valence-electron chi connectivity index (χ2n) is 11.0. The first-order valence-electron chi connectivity index (χ1n) is 13.8. The van der Waals surface area contributed by atoms with Gasteiger partial charge in [-0.3, -0.25) is 14.4 Å². The Balaban J connectivity index is 1.37. The molecule has 3 amide bonds. The molecule has 3 aromatic rings. The van der Waals surface area contributed by atoms with E-state index in [9.17, 15) is 18.8 Å². The van der Waals surface area contributed by atoms with E-state index in [0.717, 1.165) is 37.1 Å². The summed E-state index contributed by atoms with van der Waals surface area (Å²) >= 11 is 0. The van der Waals surface area contributed by atoms with E-state index < -0.39 is 17.8 Å². The first-order chi connectivity index (χ1) is 19.6. The molecule has 2 aromatic carbocycles. The van der Waals surface area contributed by atoms with Crippen molar-refractivity contribution in [2.24, 2.45) is 5.92 Å². The van der Waals surface area contributed by atoms with Crippen LogP contribution >= 0.6 is 0 Å². The van der Waals surface area contributed by atoms with Crippen molar-refractivity contribution in [2.75, 3.05) is 44.4 Å². The van der Waals surface area contributed by atoms with Crippen LogP contribution < -0.4 is 16.0 Å². The summed E-state index contributed by atoms with van der Waals surface area (Å²) in [5, 5.41) is 2.88. The van der Waals surface area contributed by atoms with Gasteiger partial charge in [0.15, 0.2) is 0 Å². The lowest BCUT2D eigenvalue weighted by molar-refractivity contribution is -0.122. The van der Waals surface area contributed by atoms with Crippen LogP contribution in [0.5, 0.6) is 0 Å². The molecule has 2 aliphatic heterocycles. The van der Waals surface area contributed by atoms with Crippen molar-refractivity contribution in [3.63, 3.8) is 0 Å². The van der Waals surface area contributed by atoms with Crippen LogP contribution in [0.1, 0.15) is 46.0 Å². The summed E-state index contributed by atoms with van der Waals surface area (Å²) in [6, 6.07) is 12.3. The smallest absolute Gasteiger partial charge is 0.256 e. The number of nitrogens with two attached hydrogens (primary N) is 1. The molecule has 3 heterocycles. The highest BCUT2D eigenvalue weighted by Gasteiger charge is 2.36. The molecule has 10 heteroatoms. The summed E-state index contributed by atoms with van der Waals surface area (Å²) in [6.07, 6.45) is 3.57. The van der Waals surface area contributed by atoms with Gasteiger partial charge >= 0.3 is 0 Å². The molecule has 0 radical (unpaired) electrons. The molecule has 3 N–H and O–H groups in total. The number of carbonyl (C=O) groups excluding carboxylic acids is 3. The molecule has 0 spiro atoms. The maximum atomic E-state index is 14.7. The summed E-state index contributed by atoms with van der Waals surface area (Å²) in [5.41, 5.74) is 8.79. The molecule has 0 unspecified atom stereocenters. The highest BCUT2D eigenvalue weighted by atomic mass is 19.1. The zero-order valence-corrected chi connectivity index (χ0v) is 23.6. The third kappa shape index (κ3) is 5.92. The van der Waals surface area contributed by atoms with Gasteiger partial charge in [0.2, 0.25) is 5.91 Å². The molecule has 0 bridgehead atoms. The molecule has 214 valence electrons. The van der Waals surface area contributed by atoms with Crippen molar-refractivity contribution in [2.45, 2.75) is 32.4 Å². The van der Waals surface area contributed by atoms with E-state index in [1.807, 2.05) is 12.1 Å². The average Bonchev–Trinajstić information content (AvgIpc) is 3.03. The number of fused-ring (bicyclic) bond motifs is 1. The number of halogens is 1. The minimum atomic E-state index is -0.785. The van der Waals surface area contributed by atoms with Gasteiger partial charge in [0.1, 0.15) is 17.7 Å². The van der Waals surface area contributed by atoms with Gasteiger partial charge < -0.3 is 25.8 Å². The monoisotopic (exact) mass is 558 g/mol. The number of pyridine rings is 1. The first-order valence-corrected chi connectivity index (χ1v) is 13.8. The van der Waals surface area contributed by atoms with Gasteiger partial charge in [-0.1, -0.05) is 12.1 Å². The lowest BCUT2D eigenvalue weighted by Gasteiger charge is -2.29. The Morgan fingerprint density at radius 2 is 1.78 bits per heavy atom. The maximum Gasteiger partial charge on any atom is 0.256 e. The fraction of sp³-hybridized carbons (Fsp3) is 0.355. The maximum absolute atomic E-state index is 14.7. The van der Waals surface area contributed by atoms with E-state index in [0.29, 0.717) is 35.1 Å². The second kappa shape index (κ2) is 11.7. The molecule has 1 fully saturated rings. The number of nitrogens with one attached hydrogen (secondary N) is 1. The van der Waals surface area contributed by atoms with Crippen molar-refractivity contribution in [3.8, 4) is 11.1 Å². The van der Waals surface area contributed by atoms with Crippen LogP contribution in [0.4, 0.5) is 15.9 Å². The summed E-state index contributed by atoms with van der Waals surface area (Å²) in [5.74, 6) is -0.979. The number of hydrogen-bond acceptors (Lipinski definition) is 6. The van der Waals surface area contributed by atoms with Gasteiger partial charge in [-0.05, 0) is 98.9 Å². The fourth-order valence-electron chi connectivity index (χ4n) is 5.51.